The first-order valence-electron chi connectivity index (χ1n) is 20.6. The van der Waals surface area contributed by atoms with Gasteiger partial charge in [0.25, 0.3) is 0 Å². The number of benzene rings is 3. The predicted octanol–water partition coefficient (Wildman–Crippen LogP) is 9.24. The zero-order valence-electron chi connectivity index (χ0n) is 34.3. The van der Waals surface area contributed by atoms with Gasteiger partial charge in [-0.25, -0.2) is 0 Å². The van der Waals surface area contributed by atoms with Crippen molar-refractivity contribution in [3.63, 3.8) is 0 Å². The van der Waals surface area contributed by atoms with Crippen LogP contribution in [0.1, 0.15) is 108 Å². The van der Waals surface area contributed by atoms with Crippen molar-refractivity contribution in [2.75, 3.05) is 56.1 Å². The van der Waals surface area contributed by atoms with Crippen molar-refractivity contribution >= 4 is 34.9 Å². The molecule has 3 aliphatic rings. The zero-order valence-corrected chi connectivity index (χ0v) is 35.0. The number of ether oxygens (including phenoxy) is 2. The van der Waals surface area contributed by atoms with Crippen LogP contribution in [0.2, 0.25) is 5.02 Å². The number of carbonyl (C=O) groups is 2. The Morgan fingerprint density at radius 3 is 2.24 bits per heavy atom. The van der Waals surface area contributed by atoms with E-state index in [4.69, 9.17) is 21.1 Å². The van der Waals surface area contributed by atoms with Crippen molar-refractivity contribution in [1.82, 2.24) is 9.80 Å². The molecule has 0 radical (unpaired) electrons. The SMILES string of the molecule is Cc1cc2c(cc1OC(C)C)[C@H](c1ccc(Cl)cc1)N(c1ccc(N(C)CC3CCC(N4CCN(CCCCC(=O)OC(C)(C)C)CC4)CC3)cc1)C(=O)C2. The molecule has 1 saturated carbocycles. The summed E-state index contributed by atoms with van der Waals surface area (Å²) in [5.74, 6) is 1.53. The fraction of sp³-hybridized carbons (Fsp3) is 0.565. The maximum absolute atomic E-state index is 14.0. The van der Waals surface area contributed by atoms with Gasteiger partial charge in [-0.3, -0.25) is 14.5 Å². The Kier molecular flexibility index (Phi) is 13.5. The van der Waals surface area contributed by atoms with Gasteiger partial charge in [-0.05, 0) is 157 Å². The first-order chi connectivity index (χ1) is 26.2. The molecular formula is C46H63ClN4O4. The van der Waals surface area contributed by atoms with E-state index in [1.54, 1.807) is 0 Å². The van der Waals surface area contributed by atoms with Crippen LogP contribution in [0.5, 0.6) is 5.75 Å². The summed E-state index contributed by atoms with van der Waals surface area (Å²) in [5.41, 5.74) is 5.86. The van der Waals surface area contributed by atoms with E-state index in [1.807, 2.05) is 63.8 Å². The van der Waals surface area contributed by atoms with Crippen LogP contribution < -0.4 is 14.5 Å². The third kappa shape index (κ3) is 10.8. The third-order valence-electron chi connectivity index (χ3n) is 11.5. The molecule has 1 aliphatic carbocycles. The number of unbranched alkanes of at least 4 members (excludes halogenated alkanes) is 1. The number of anilines is 2. The highest BCUT2D eigenvalue weighted by molar-refractivity contribution is 6.30. The molecule has 0 N–H and O–H groups in total. The molecular weight excluding hydrogens is 708 g/mol. The molecule has 0 bridgehead atoms. The van der Waals surface area contributed by atoms with Crippen molar-refractivity contribution < 1.29 is 19.1 Å². The van der Waals surface area contributed by atoms with Gasteiger partial charge in [0, 0.05) is 68.6 Å². The van der Waals surface area contributed by atoms with Crippen LogP contribution in [0.15, 0.2) is 60.7 Å². The van der Waals surface area contributed by atoms with Gasteiger partial charge >= 0.3 is 5.97 Å². The molecule has 55 heavy (non-hydrogen) atoms. The Bertz CT molecular complexity index is 1740. The molecule has 9 heteroatoms. The van der Waals surface area contributed by atoms with E-state index in [0.29, 0.717) is 29.8 Å². The maximum Gasteiger partial charge on any atom is 0.306 e. The minimum absolute atomic E-state index is 0.0502. The van der Waals surface area contributed by atoms with Gasteiger partial charge in [0.15, 0.2) is 0 Å². The van der Waals surface area contributed by atoms with Crippen LogP contribution in [0, 0.1) is 12.8 Å². The van der Waals surface area contributed by atoms with E-state index in [0.717, 1.165) is 85.8 Å². The summed E-state index contributed by atoms with van der Waals surface area (Å²) in [5, 5.41) is 0.672. The number of rotatable bonds is 13. The predicted molar refractivity (Wildman–Crippen MR) is 225 cm³/mol. The molecule has 2 aliphatic heterocycles. The number of piperazine rings is 1. The average Bonchev–Trinajstić information content (AvgIpc) is 3.14. The Balaban J connectivity index is 1.02. The third-order valence-corrected chi connectivity index (χ3v) is 11.8. The number of aryl methyl sites for hydroxylation is 1. The molecule has 1 saturated heterocycles. The van der Waals surface area contributed by atoms with Gasteiger partial charge in [-0.15, -0.1) is 0 Å². The average molecular weight is 771 g/mol. The lowest BCUT2D eigenvalue weighted by Gasteiger charge is -2.42. The molecule has 2 heterocycles. The lowest BCUT2D eigenvalue weighted by atomic mass is 9.84. The zero-order chi connectivity index (χ0) is 39.3. The van der Waals surface area contributed by atoms with Crippen molar-refractivity contribution in [3.8, 4) is 5.75 Å². The number of nitrogens with zero attached hydrogens (tertiary/aromatic N) is 4. The van der Waals surface area contributed by atoms with Gasteiger partial charge in [-0.1, -0.05) is 29.8 Å². The fourth-order valence-corrected chi connectivity index (χ4v) is 8.88. The number of hydrogen-bond donors (Lipinski definition) is 0. The number of amides is 1. The van der Waals surface area contributed by atoms with Gasteiger partial charge in [0.1, 0.15) is 11.4 Å². The number of fused-ring (bicyclic) bond motifs is 1. The van der Waals surface area contributed by atoms with Gasteiger partial charge < -0.3 is 24.2 Å². The number of esters is 1. The highest BCUT2D eigenvalue weighted by atomic mass is 35.5. The summed E-state index contributed by atoms with van der Waals surface area (Å²) in [6, 6.07) is 21.1. The lowest BCUT2D eigenvalue weighted by Crippen LogP contribution is -2.51. The van der Waals surface area contributed by atoms with E-state index < -0.39 is 5.60 Å². The topological polar surface area (TPSA) is 65.6 Å². The molecule has 0 spiro atoms. The molecule has 298 valence electrons. The van der Waals surface area contributed by atoms with Crippen LogP contribution in [-0.2, 0) is 20.7 Å². The van der Waals surface area contributed by atoms with Gasteiger partial charge in [0.05, 0.1) is 18.6 Å². The summed E-state index contributed by atoms with van der Waals surface area (Å²) in [4.78, 5) is 35.6. The molecule has 2 fully saturated rings. The van der Waals surface area contributed by atoms with Gasteiger partial charge in [-0.2, -0.15) is 0 Å². The minimum Gasteiger partial charge on any atom is -0.491 e. The number of carbonyl (C=O) groups excluding carboxylic acids is 2. The first kappa shape index (κ1) is 41.1. The Hall–Kier alpha value is -3.59. The quantitative estimate of drug-likeness (QED) is 0.127. The number of halogens is 1. The molecule has 3 aromatic rings. The largest absolute Gasteiger partial charge is 0.491 e. The Morgan fingerprint density at radius 1 is 0.927 bits per heavy atom. The molecule has 3 aromatic carbocycles. The first-order valence-corrected chi connectivity index (χ1v) is 21.0. The normalized spacial score (nSPS) is 21.1. The summed E-state index contributed by atoms with van der Waals surface area (Å²) in [6.07, 6.45) is 7.89. The van der Waals surface area contributed by atoms with Crippen LogP contribution in [0.4, 0.5) is 11.4 Å². The summed E-state index contributed by atoms with van der Waals surface area (Å²) in [6.45, 7) is 18.5. The van der Waals surface area contributed by atoms with E-state index in [9.17, 15) is 9.59 Å². The van der Waals surface area contributed by atoms with Crippen LogP contribution in [0.25, 0.3) is 0 Å². The van der Waals surface area contributed by atoms with Crippen molar-refractivity contribution in [1.29, 1.82) is 0 Å². The van der Waals surface area contributed by atoms with Crippen molar-refractivity contribution in [2.45, 2.75) is 117 Å². The second-order valence-corrected chi connectivity index (χ2v) is 17.8. The fourth-order valence-electron chi connectivity index (χ4n) is 8.75. The molecule has 0 aromatic heterocycles. The smallest absolute Gasteiger partial charge is 0.306 e. The molecule has 8 nitrogen and oxygen atoms in total. The van der Waals surface area contributed by atoms with Crippen molar-refractivity contribution in [3.05, 3.63) is 87.9 Å². The molecule has 6 rings (SSSR count). The molecule has 0 unspecified atom stereocenters. The van der Waals surface area contributed by atoms with Crippen molar-refractivity contribution in [2.24, 2.45) is 5.92 Å². The Labute approximate surface area is 335 Å². The standard InChI is InChI=1S/C46H63ClN4O4/c1-32(2)54-42-30-41-36(28-33(42)3)29-43(52)51(45(41)35-13-15-37(47)16-14-35)40-21-19-38(20-22-40)48(7)31-34-11-17-39(18-12-34)50-26-24-49(25-27-50)23-9-8-10-44(53)55-46(4,5)6/h13-16,19-22,28,30,32,34,39,45H,8-12,17-18,23-27,29,31H2,1-7H3/t34?,39?,45-/m0/s1. The molecule has 1 atom stereocenters. The van der Waals surface area contributed by atoms with Gasteiger partial charge in [0.2, 0.25) is 5.91 Å². The second kappa shape index (κ2) is 18.1. The monoisotopic (exact) mass is 770 g/mol. The van der Waals surface area contributed by atoms with E-state index >= 15 is 0 Å². The number of hydrogen-bond acceptors (Lipinski definition) is 7. The molecule has 1 amide bonds. The van der Waals surface area contributed by atoms with E-state index in [2.05, 4.69) is 65.1 Å². The summed E-state index contributed by atoms with van der Waals surface area (Å²) < 4.78 is 11.7. The highest BCUT2D eigenvalue weighted by Crippen LogP contribution is 2.42. The minimum atomic E-state index is -0.403. The van der Waals surface area contributed by atoms with Crippen LogP contribution in [0.3, 0.4) is 0 Å². The summed E-state index contributed by atoms with van der Waals surface area (Å²) in [7, 11) is 2.20. The second-order valence-electron chi connectivity index (χ2n) is 17.4. The van der Waals surface area contributed by atoms with Crippen LogP contribution in [-0.4, -0.2) is 85.7 Å². The Morgan fingerprint density at radius 2 is 1.60 bits per heavy atom. The lowest BCUT2D eigenvalue weighted by molar-refractivity contribution is -0.154. The summed E-state index contributed by atoms with van der Waals surface area (Å²) >= 11 is 6.32. The van der Waals surface area contributed by atoms with Crippen LogP contribution >= 0.6 is 11.6 Å². The highest BCUT2D eigenvalue weighted by Gasteiger charge is 2.36. The van der Waals surface area contributed by atoms with E-state index in [1.165, 1.54) is 31.4 Å². The maximum atomic E-state index is 14.0. The van der Waals surface area contributed by atoms with E-state index in [-0.39, 0.29) is 24.0 Å².